The van der Waals surface area contributed by atoms with E-state index in [1.807, 2.05) is 24.3 Å². The Hall–Kier alpha value is -2.80. The molecule has 2 aromatic rings. The zero-order valence-electron chi connectivity index (χ0n) is 17.9. The van der Waals surface area contributed by atoms with Crippen molar-refractivity contribution in [3.63, 3.8) is 0 Å². The van der Waals surface area contributed by atoms with Crippen LogP contribution in [0.5, 0.6) is 0 Å². The van der Waals surface area contributed by atoms with E-state index in [4.69, 9.17) is 4.74 Å². The van der Waals surface area contributed by atoms with Crippen molar-refractivity contribution in [3.8, 4) is 0 Å². The van der Waals surface area contributed by atoms with Gasteiger partial charge in [-0.1, -0.05) is 31.4 Å². The molecule has 1 aliphatic carbocycles. The third-order valence-corrected chi connectivity index (χ3v) is 6.48. The Morgan fingerprint density at radius 1 is 0.968 bits per heavy atom. The third kappa shape index (κ3) is 6.34. The first-order valence-corrected chi connectivity index (χ1v) is 11.4. The number of thioether (sulfide) groups is 1. The van der Waals surface area contributed by atoms with Crippen molar-refractivity contribution in [1.82, 2.24) is 0 Å². The van der Waals surface area contributed by atoms with Crippen LogP contribution in [0.15, 0.2) is 53.4 Å². The zero-order chi connectivity index (χ0) is 22.2. The predicted molar refractivity (Wildman–Crippen MR) is 123 cm³/mol. The maximum absolute atomic E-state index is 12.6. The van der Waals surface area contributed by atoms with Crippen molar-refractivity contribution in [1.29, 1.82) is 0 Å². The van der Waals surface area contributed by atoms with Crippen molar-refractivity contribution in [2.45, 2.75) is 49.2 Å². The molecule has 2 aromatic carbocycles. The molecule has 0 aromatic heterocycles. The number of nitrogens with one attached hydrogen (secondary N) is 2. The Labute approximate surface area is 187 Å². The van der Waals surface area contributed by atoms with Crippen LogP contribution < -0.4 is 10.6 Å². The molecule has 7 heteroatoms. The molecule has 1 aliphatic rings. The lowest BCUT2D eigenvalue weighted by Crippen LogP contribution is -2.24. The second-order valence-electron chi connectivity index (χ2n) is 7.64. The number of carbonyl (C=O) groups excluding carboxylic acids is 3. The summed E-state index contributed by atoms with van der Waals surface area (Å²) in [5, 5.41) is 5.42. The Morgan fingerprint density at radius 2 is 1.65 bits per heavy atom. The molecule has 0 aliphatic heterocycles. The van der Waals surface area contributed by atoms with E-state index >= 15 is 0 Å². The van der Waals surface area contributed by atoms with Crippen LogP contribution in [0, 0.1) is 5.92 Å². The lowest BCUT2D eigenvalue weighted by Gasteiger charge is -2.20. The zero-order valence-corrected chi connectivity index (χ0v) is 18.7. The van der Waals surface area contributed by atoms with Crippen LogP contribution in [-0.4, -0.2) is 30.1 Å². The van der Waals surface area contributed by atoms with E-state index in [1.165, 1.54) is 25.3 Å². The first-order chi connectivity index (χ1) is 15.0. The molecule has 1 saturated carbocycles. The number of benzene rings is 2. The fourth-order valence-corrected chi connectivity index (χ4v) is 4.47. The lowest BCUT2D eigenvalue weighted by molar-refractivity contribution is -0.120. The van der Waals surface area contributed by atoms with Gasteiger partial charge < -0.3 is 15.4 Å². The normalized spacial score (nSPS) is 15.0. The molecule has 2 amide bonds. The average Bonchev–Trinajstić information content (AvgIpc) is 2.80. The minimum atomic E-state index is -0.498. The maximum atomic E-state index is 12.6. The van der Waals surface area contributed by atoms with Gasteiger partial charge in [0.25, 0.3) is 0 Å². The summed E-state index contributed by atoms with van der Waals surface area (Å²) < 4.78 is 4.77. The highest BCUT2D eigenvalue weighted by molar-refractivity contribution is 8.00. The van der Waals surface area contributed by atoms with Crippen molar-refractivity contribution in [2.24, 2.45) is 5.92 Å². The van der Waals surface area contributed by atoms with Crippen LogP contribution in [0.2, 0.25) is 0 Å². The molecule has 0 bridgehead atoms. The summed E-state index contributed by atoms with van der Waals surface area (Å²) >= 11 is 1.41. The van der Waals surface area contributed by atoms with E-state index in [0.29, 0.717) is 11.3 Å². The molecule has 1 unspecified atom stereocenters. The minimum Gasteiger partial charge on any atom is -0.465 e. The number of hydrogen-bond acceptors (Lipinski definition) is 5. The van der Waals surface area contributed by atoms with Gasteiger partial charge in [0.05, 0.1) is 23.6 Å². The van der Waals surface area contributed by atoms with E-state index in [0.717, 1.165) is 36.3 Å². The van der Waals surface area contributed by atoms with E-state index in [2.05, 4.69) is 10.6 Å². The molecule has 0 spiro atoms. The minimum absolute atomic E-state index is 0.0946. The standard InChI is InChI=1S/C24H28N2O4S/c1-16(22(27)26-21-11-7-6-10-20(21)24(29)30-2)31-19-14-12-18(13-15-19)25-23(28)17-8-4-3-5-9-17/h6-7,10-17H,3-5,8-9H2,1-2H3,(H,25,28)(H,26,27). The number of para-hydroxylation sites is 1. The topological polar surface area (TPSA) is 84.5 Å². The Balaban J connectivity index is 1.55. The van der Waals surface area contributed by atoms with E-state index in [1.54, 1.807) is 31.2 Å². The highest BCUT2D eigenvalue weighted by Gasteiger charge is 2.21. The summed E-state index contributed by atoms with van der Waals surface area (Å²) in [5.74, 6) is -0.505. The van der Waals surface area contributed by atoms with Crippen LogP contribution in [0.4, 0.5) is 11.4 Å². The van der Waals surface area contributed by atoms with Crippen molar-refractivity contribution < 1.29 is 19.1 Å². The summed E-state index contributed by atoms with van der Waals surface area (Å²) in [6.07, 6.45) is 5.39. The number of rotatable bonds is 7. The van der Waals surface area contributed by atoms with Gasteiger partial charge in [0.2, 0.25) is 11.8 Å². The van der Waals surface area contributed by atoms with Crippen LogP contribution in [0.3, 0.4) is 0 Å². The van der Waals surface area contributed by atoms with Gasteiger partial charge in [-0.25, -0.2) is 4.79 Å². The number of ether oxygens (including phenoxy) is 1. The summed E-state index contributed by atoms with van der Waals surface area (Å²) in [6.45, 7) is 1.81. The van der Waals surface area contributed by atoms with Crippen molar-refractivity contribution in [2.75, 3.05) is 17.7 Å². The number of esters is 1. The molecular weight excluding hydrogens is 412 g/mol. The predicted octanol–water partition coefficient (Wildman–Crippen LogP) is 5.11. The number of anilines is 2. The fraction of sp³-hybridized carbons (Fsp3) is 0.375. The SMILES string of the molecule is COC(=O)c1ccccc1NC(=O)C(C)Sc1ccc(NC(=O)C2CCCCC2)cc1. The van der Waals surface area contributed by atoms with Crippen LogP contribution in [0.1, 0.15) is 49.4 Å². The quantitative estimate of drug-likeness (QED) is 0.462. The Morgan fingerprint density at radius 3 is 2.32 bits per heavy atom. The number of carbonyl (C=O) groups is 3. The summed E-state index contributed by atoms with van der Waals surface area (Å²) in [4.78, 5) is 37.8. The maximum Gasteiger partial charge on any atom is 0.339 e. The summed E-state index contributed by atoms with van der Waals surface area (Å²) in [5.41, 5.74) is 1.50. The lowest BCUT2D eigenvalue weighted by atomic mass is 9.88. The monoisotopic (exact) mass is 440 g/mol. The second-order valence-corrected chi connectivity index (χ2v) is 9.05. The molecule has 2 N–H and O–H groups in total. The first kappa shape index (κ1) is 22.9. The highest BCUT2D eigenvalue weighted by atomic mass is 32.2. The van der Waals surface area contributed by atoms with Gasteiger partial charge in [0, 0.05) is 16.5 Å². The third-order valence-electron chi connectivity index (χ3n) is 5.37. The summed E-state index contributed by atoms with van der Waals surface area (Å²) in [6, 6.07) is 14.3. The van der Waals surface area contributed by atoms with Crippen LogP contribution >= 0.6 is 11.8 Å². The van der Waals surface area contributed by atoms with Gasteiger partial charge in [0.15, 0.2) is 0 Å². The molecule has 1 atom stereocenters. The van der Waals surface area contributed by atoms with E-state index in [-0.39, 0.29) is 23.0 Å². The molecule has 31 heavy (non-hydrogen) atoms. The van der Waals surface area contributed by atoms with Gasteiger partial charge in [0.1, 0.15) is 0 Å². The molecule has 1 fully saturated rings. The molecule has 6 nitrogen and oxygen atoms in total. The van der Waals surface area contributed by atoms with Crippen LogP contribution in [0.25, 0.3) is 0 Å². The van der Waals surface area contributed by atoms with Gasteiger partial charge in [-0.05, 0) is 56.2 Å². The van der Waals surface area contributed by atoms with Gasteiger partial charge >= 0.3 is 5.97 Å². The Bertz CT molecular complexity index is 923. The smallest absolute Gasteiger partial charge is 0.339 e. The molecule has 164 valence electrons. The number of hydrogen-bond donors (Lipinski definition) is 2. The number of amides is 2. The molecule has 0 saturated heterocycles. The van der Waals surface area contributed by atoms with Crippen molar-refractivity contribution >= 4 is 40.9 Å². The Kier molecular flexibility index (Phi) is 8.12. The largest absolute Gasteiger partial charge is 0.465 e. The van der Waals surface area contributed by atoms with Gasteiger partial charge in [-0.2, -0.15) is 0 Å². The second kappa shape index (κ2) is 11.0. The molecular formula is C24H28N2O4S. The molecule has 3 rings (SSSR count). The van der Waals surface area contributed by atoms with Crippen molar-refractivity contribution in [3.05, 3.63) is 54.1 Å². The highest BCUT2D eigenvalue weighted by Crippen LogP contribution is 2.28. The van der Waals surface area contributed by atoms with Gasteiger partial charge in [-0.15, -0.1) is 11.8 Å². The fourth-order valence-electron chi connectivity index (χ4n) is 3.60. The van der Waals surface area contributed by atoms with E-state index in [9.17, 15) is 14.4 Å². The average molecular weight is 441 g/mol. The molecule has 0 radical (unpaired) electrons. The van der Waals surface area contributed by atoms with Crippen LogP contribution in [-0.2, 0) is 14.3 Å². The number of methoxy groups -OCH3 is 1. The van der Waals surface area contributed by atoms with Gasteiger partial charge in [-0.3, -0.25) is 9.59 Å². The molecule has 0 heterocycles. The summed E-state index contributed by atoms with van der Waals surface area (Å²) in [7, 11) is 1.31. The van der Waals surface area contributed by atoms with E-state index < -0.39 is 5.97 Å². The first-order valence-electron chi connectivity index (χ1n) is 10.5.